The van der Waals surface area contributed by atoms with Crippen molar-refractivity contribution < 1.29 is 13.9 Å². The molecule has 1 amide bonds. The van der Waals surface area contributed by atoms with Crippen LogP contribution in [0.5, 0.6) is 0 Å². The van der Waals surface area contributed by atoms with Gasteiger partial charge in [0.05, 0.1) is 24.3 Å². The highest BCUT2D eigenvalue weighted by Crippen LogP contribution is 2.16. The molecule has 86 valence electrons. The van der Waals surface area contributed by atoms with E-state index in [9.17, 15) is 9.18 Å². The molecular weight excluding hydrogens is 211 g/mol. The van der Waals surface area contributed by atoms with E-state index in [1.54, 1.807) is 6.92 Å². The average Bonchev–Trinajstić information content (AvgIpc) is 2.16. The number of aromatic nitrogens is 1. The molecule has 0 bridgehead atoms. The number of pyridine rings is 1. The predicted octanol–water partition coefficient (Wildman–Crippen LogP) is 1.26. The van der Waals surface area contributed by atoms with E-state index in [0.29, 0.717) is 6.61 Å². The molecule has 1 aromatic rings. The van der Waals surface area contributed by atoms with Crippen molar-refractivity contribution in [1.82, 2.24) is 4.98 Å². The predicted molar refractivity (Wildman–Crippen MR) is 57.8 cm³/mol. The number of halogens is 1. The van der Waals surface area contributed by atoms with Crippen LogP contribution in [0.1, 0.15) is 18.2 Å². The van der Waals surface area contributed by atoms with Crippen LogP contribution in [-0.2, 0) is 16.0 Å². The Morgan fingerprint density at radius 3 is 2.81 bits per heavy atom. The Balaban J connectivity index is 2.91. The van der Waals surface area contributed by atoms with Crippen molar-refractivity contribution in [3.8, 4) is 0 Å². The highest BCUT2D eigenvalue weighted by atomic mass is 19.1. The van der Waals surface area contributed by atoms with Crippen molar-refractivity contribution in [2.45, 2.75) is 13.3 Å². The van der Waals surface area contributed by atoms with E-state index in [-0.39, 0.29) is 23.4 Å². The van der Waals surface area contributed by atoms with Gasteiger partial charge >= 0.3 is 0 Å². The van der Waals surface area contributed by atoms with E-state index in [2.05, 4.69) is 11.6 Å². The number of carbonyl (C=O) groups excluding carboxylic acids is 1. The van der Waals surface area contributed by atoms with Crippen molar-refractivity contribution in [1.29, 1.82) is 0 Å². The minimum Gasteiger partial charge on any atom is -0.494 e. The molecule has 0 aliphatic rings. The molecule has 16 heavy (non-hydrogen) atoms. The summed E-state index contributed by atoms with van der Waals surface area (Å²) in [6, 6.07) is 2.99. The highest BCUT2D eigenvalue weighted by molar-refractivity contribution is 5.76. The van der Waals surface area contributed by atoms with Gasteiger partial charge in [0.25, 0.3) is 0 Å². The van der Waals surface area contributed by atoms with Gasteiger partial charge in [0.15, 0.2) is 0 Å². The standard InChI is InChI=1S/C11H13FN2O2/c1-3-16-7(2)9-5-4-8(6-10(13)15)14-11(9)12/h4-5H,2-3,6H2,1H3,(H2,13,15). The molecule has 4 nitrogen and oxygen atoms in total. The molecule has 0 saturated carbocycles. The van der Waals surface area contributed by atoms with Crippen molar-refractivity contribution in [3.05, 3.63) is 35.9 Å². The number of amides is 1. The summed E-state index contributed by atoms with van der Waals surface area (Å²) < 4.78 is 18.5. The number of nitrogens with two attached hydrogens (primary N) is 1. The molecule has 0 unspecified atom stereocenters. The van der Waals surface area contributed by atoms with Crippen LogP contribution in [0.4, 0.5) is 4.39 Å². The molecule has 0 radical (unpaired) electrons. The Labute approximate surface area is 92.9 Å². The zero-order chi connectivity index (χ0) is 12.1. The fourth-order valence-corrected chi connectivity index (χ4v) is 1.21. The van der Waals surface area contributed by atoms with Gasteiger partial charge in [-0.2, -0.15) is 4.39 Å². The van der Waals surface area contributed by atoms with Gasteiger partial charge in [-0.25, -0.2) is 4.98 Å². The van der Waals surface area contributed by atoms with Gasteiger partial charge in [-0.05, 0) is 19.1 Å². The second-order valence-electron chi connectivity index (χ2n) is 3.14. The third kappa shape index (κ3) is 3.05. The largest absolute Gasteiger partial charge is 0.494 e. The van der Waals surface area contributed by atoms with Crippen molar-refractivity contribution in [2.75, 3.05) is 6.61 Å². The van der Waals surface area contributed by atoms with E-state index < -0.39 is 11.9 Å². The summed E-state index contributed by atoms with van der Waals surface area (Å²) in [5, 5.41) is 0. The first-order chi connectivity index (χ1) is 7.54. The third-order valence-corrected chi connectivity index (χ3v) is 1.88. The molecule has 0 aromatic carbocycles. The fraction of sp³-hybridized carbons (Fsp3) is 0.273. The Morgan fingerprint density at radius 1 is 1.62 bits per heavy atom. The average molecular weight is 224 g/mol. The summed E-state index contributed by atoms with van der Waals surface area (Å²) in [6.07, 6.45) is -0.0850. The van der Waals surface area contributed by atoms with E-state index in [1.807, 2.05) is 0 Å². The first kappa shape index (κ1) is 12.2. The summed E-state index contributed by atoms with van der Waals surface area (Å²) in [7, 11) is 0. The minimum absolute atomic E-state index is 0.0850. The molecule has 0 spiro atoms. The first-order valence-electron chi connectivity index (χ1n) is 4.80. The van der Waals surface area contributed by atoms with E-state index in [0.717, 1.165) is 0 Å². The van der Waals surface area contributed by atoms with Crippen LogP contribution in [0.2, 0.25) is 0 Å². The Hall–Kier alpha value is -1.91. The normalized spacial score (nSPS) is 9.88. The lowest BCUT2D eigenvalue weighted by Crippen LogP contribution is -2.15. The topological polar surface area (TPSA) is 65.2 Å². The van der Waals surface area contributed by atoms with Gasteiger partial charge in [-0.1, -0.05) is 6.58 Å². The monoisotopic (exact) mass is 224 g/mol. The molecule has 0 aliphatic heterocycles. The van der Waals surface area contributed by atoms with Gasteiger partial charge in [0, 0.05) is 0 Å². The van der Waals surface area contributed by atoms with E-state index >= 15 is 0 Å². The second-order valence-corrected chi connectivity index (χ2v) is 3.14. The van der Waals surface area contributed by atoms with Crippen LogP contribution in [-0.4, -0.2) is 17.5 Å². The molecule has 0 fully saturated rings. The number of nitrogens with zero attached hydrogens (tertiary/aromatic N) is 1. The lowest BCUT2D eigenvalue weighted by Gasteiger charge is -2.08. The highest BCUT2D eigenvalue weighted by Gasteiger charge is 2.10. The number of hydrogen-bond acceptors (Lipinski definition) is 3. The van der Waals surface area contributed by atoms with Crippen LogP contribution in [0.25, 0.3) is 5.76 Å². The van der Waals surface area contributed by atoms with Crippen LogP contribution in [0, 0.1) is 5.95 Å². The lowest BCUT2D eigenvalue weighted by molar-refractivity contribution is -0.117. The summed E-state index contributed by atoms with van der Waals surface area (Å²) in [5.41, 5.74) is 5.46. The summed E-state index contributed by atoms with van der Waals surface area (Å²) in [5.74, 6) is -1.04. The summed E-state index contributed by atoms with van der Waals surface area (Å²) in [4.78, 5) is 14.2. The maximum Gasteiger partial charge on any atom is 0.224 e. The maximum absolute atomic E-state index is 13.5. The number of rotatable bonds is 5. The zero-order valence-corrected chi connectivity index (χ0v) is 9.00. The van der Waals surface area contributed by atoms with Crippen molar-refractivity contribution >= 4 is 11.7 Å². The third-order valence-electron chi connectivity index (χ3n) is 1.88. The molecule has 1 aromatic heterocycles. The number of hydrogen-bond donors (Lipinski definition) is 1. The molecule has 0 saturated heterocycles. The number of primary amides is 1. The van der Waals surface area contributed by atoms with Gasteiger partial charge in [-0.3, -0.25) is 4.79 Å². The van der Waals surface area contributed by atoms with Crippen molar-refractivity contribution in [3.63, 3.8) is 0 Å². The van der Waals surface area contributed by atoms with Crippen molar-refractivity contribution in [2.24, 2.45) is 5.73 Å². The smallest absolute Gasteiger partial charge is 0.224 e. The number of ether oxygens (including phenoxy) is 1. The Bertz CT molecular complexity index is 418. The van der Waals surface area contributed by atoms with Crippen LogP contribution < -0.4 is 5.73 Å². The second kappa shape index (κ2) is 5.25. The molecule has 0 atom stereocenters. The molecule has 1 rings (SSSR count). The summed E-state index contributed by atoms with van der Waals surface area (Å²) in [6.45, 7) is 5.75. The zero-order valence-electron chi connectivity index (χ0n) is 9.00. The van der Waals surface area contributed by atoms with Crippen LogP contribution in [0.3, 0.4) is 0 Å². The van der Waals surface area contributed by atoms with Gasteiger partial charge < -0.3 is 10.5 Å². The maximum atomic E-state index is 13.5. The molecule has 5 heteroatoms. The summed E-state index contributed by atoms with van der Waals surface area (Å²) >= 11 is 0. The molecular formula is C11H13FN2O2. The van der Waals surface area contributed by atoms with E-state index in [4.69, 9.17) is 10.5 Å². The van der Waals surface area contributed by atoms with E-state index in [1.165, 1.54) is 12.1 Å². The minimum atomic E-state index is -0.711. The quantitative estimate of drug-likeness (QED) is 0.604. The fourth-order valence-electron chi connectivity index (χ4n) is 1.21. The van der Waals surface area contributed by atoms with Crippen LogP contribution in [0.15, 0.2) is 18.7 Å². The molecule has 2 N–H and O–H groups in total. The van der Waals surface area contributed by atoms with Gasteiger partial charge in [0.1, 0.15) is 5.76 Å². The SMILES string of the molecule is C=C(OCC)c1ccc(CC(N)=O)nc1F. The Morgan fingerprint density at radius 2 is 2.31 bits per heavy atom. The van der Waals surface area contributed by atoms with Crippen LogP contribution >= 0.6 is 0 Å². The van der Waals surface area contributed by atoms with Gasteiger partial charge in [-0.15, -0.1) is 0 Å². The number of carbonyl (C=O) groups is 1. The molecule has 0 aliphatic carbocycles. The van der Waals surface area contributed by atoms with Gasteiger partial charge in [0.2, 0.25) is 11.9 Å². The molecule has 1 heterocycles. The first-order valence-corrected chi connectivity index (χ1v) is 4.80. The lowest BCUT2D eigenvalue weighted by atomic mass is 10.2. The Kier molecular flexibility index (Phi) is 3.99.